The SMILES string of the molecule is CCCCCCCCCc1ccc(-c2ccc(C(CCCCCCCC)C(=O)O)cc2)nc1. The van der Waals surface area contributed by atoms with Gasteiger partial charge in [-0.1, -0.05) is 121 Å². The van der Waals surface area contributed by atoms with E-state index in [9.17, 15) is 9.90 Å². The largest absolute Gasteiger partial charge is 0.481 e. The van der Waals surface area contributed by atoms with Crippen molar-refractivity contribution in [1.29, 1.82) is 0 Å². The van der Waals surface area contributed by atoms with Gasteiger partial charge in [-0.2, -0.15) is 0 Å². The maximum atomic E-state index is 11.8. The lowest BCUT2D eigenvalue weighted by molar-refractivity contribution is -0.139. The second-order valence-corrected chi connectivity index (χ2v) is 9.49. The zero-order valence-corrected chi connectivity index (χ0v) is 21.0. The molecular weight excluding hydrogens is 406 g/mol. The molecule has 0 aliphatic rings. The minimum absolute atomic E-state index is 0.414. The van der Waals surface area contributed by atoms with Gasteiger partial charge in [0.25, 0.3) is 0 Å². The monoisotopic (exact) mass is 451 g/mol. The molecule has 2 rings (SSSR count). The third-order valence-corrected chi connectivity index (χ3v) is 6.65. The molecule has 1 N–H and O–H groups in total. The number of carbonyl (C=O) groups is 1. The Bertz CT molecular complexity index is 767. The number of rotatable bonds is 18. The zero-order valence-electron chi connectivity index (χ0n) is 21.0. The molecule has 0 radical (unpaired) electrons. The summed E-state index contributed by atoms with van der Waals surface area (Å²) in [6.07, 6.45) is 20.2. The van der Waals surface area contributed by atoms with Crippen molar-refractivity contribution >= 4 is 5.97 Å². The van der Waals surface area contributed by atoms with E-state index < -0.39 is 11.9 Å². The molecule has 0 amide bonds. The molecule has 0 aliphatic heterocycles. The first-order valence-electron chi connectivity index (χ1n) is 13.4. The molecule has 1 unspecified atom stereocenters. The Kier molecular flexibility index (Phi) is 13.5. The number of pyridine rings is 1. The topological polar surface area (TPSA) is 50.2 Å². The maximum Gasteiger partial charge on any atom is 0.310 e. The number of carboxylic acid groups (broad SMARTS) is 1. The molecule has 1 atom stereocenters. The molecule has 3 heteroatoms. The van der Waals surface area contributed by atoms with Gasteiger partial charge in [-0.05, 0) is 36.5 Å². The summed E-state index contributed by atoms with van der Waals surface area (Å²) >= 11 is 0. The van der Waals surface area contributed by atoms with E-state index >= 15 is 0 Å². The molecule has 0 bridgehead atoms. The Hall–Kier alpha value is -2.16. The molecule has 0 saturated heterocycles. The fraction of sp³-hybridized carbons (Fsp3) is 0.600. The molecule has 3 nitrogen and oxygen atoms in total. The second-order valence-electron chi connectivity index (χ2n) is 9.49. The van der Waals surface area contributed by atoms with Gasteiger partial charge >= 0.3 is 5.97 Å². The second kappa shape index (κ2) is 16.5. The van der Waals surface area contributed by atoms with Gasteiger partial charge in [-0.3, -0.25) is 9.78 Å². The highest BCUT2D eigenvalue weighted by Gasteiger charge is 2.19. The normalized spacial score (nSPS) is 12.1. The van der Waals surface area contributed by atoms with E-state index in [1.807, 2.05) is 30.5 Å². The number of nitrogens with zero attached hydrogens (tertiary/aromatic N) is 1. The van der Waals surface area contributed by atoms with Crippen molar-refractivity contribution in [3.05, 3.63) is 53.7 Å². The third kappa shape index (κ3) is 10.5. The lowest BCUT2D eigenvalue weighted by atomic mass is 9.92. The minimum Gasteiger partial charge on any atom is -0.481 e. The first-order chi connectivity index (χ1) is 16.2. The van der Waals surface area contributed by atoms with Crippen LogP contribution in [0, 0.1) is 0 Å². The average Bonchev–Trinajstić information content (AvgIpc) is 2.83. The summed E-state index contributed by atoms with van der Waals surface area (Å²) in [5.41, 5.74) is 4.20. The van der Waals surface area contributed by atoms with E-state index in [2.05, 4.69) is 31.0 Å². The highest BCUT2D eigenvalue weighted by atomic mass is 16.4. The van der Waals surface area contributed by atoms with E-state index in [-0.39, 0.29) is 0 Å². The van der Waals surface area contributed by atoms with E-state index in [1.54, 1.807) is 0 Å². The summed E-state index contributed by atoms with van der Waals surface area (Å²) in [5.74, 6) is -1.13. The van der Waals surface area contributed by atoms with Gasteiger partial charge in [0.1, 0.15) is 0 Å². The number of hydrogen-bond acceptors (Lipinski definition) is 2. The van der Waals surface area contributed by atoms with Crippen molar-refractivity contribution in [2.45, 2.75) is 116 Å². The fourth-order valence-corrected chi connectivity index (χ4v) is 4.48. The van der Waals surface area contributed by atoms with E-state index in [0.717, 1.165) is 36.1 Å². The van der Waals surface area contributed by atoms with Crippen LogP contribution in [0.2, 0.25) is 0 Å². The van der Waals surface area contributed by atoms with Crippen LogP contribution in [0.5, 0.6) is 0 Å². The lowest BCUT2D eigenvalue weighted by Crippen LogP contribution is -2.11. The number of aromatic nitrogens is 1. The van der Waals surface area contributed by atoms with Crippen LogP contribution in [0.1, 0.15) is 121 Å². The molecule has 1 aromatic heterocycles. The van der Waals surface area contributed by atoms with Gasteiger partial charge in [-0.15, -0.1) is 0 Å². The molecule has 2 aromatic rings. The number of aryl methyl sites for hydroxylation is 1. The van der Waals surface area contributed by atoms with Crippen LogP contribution in [0.25, 0.3) is 11.3 Å². The Labute approximate surface area is 202 Å². The molecule has 0 saturated carbocycles. The predicted molar refractivity (Wildman–Crippen MR) is 140 cm³/mol. The summed E-state index contributed by atoms with van der Waals surface area (Å²) < 4.78 is 0. The Morgan fingerprint density at radius 3 is 1.88 bits per heavy atom. The van der Waals surface area contributed by atoms with Gasteiger partial charge in [0.2, 0.25) is 0 Å². The highest BCUT2D eigenvalue weighted by molar-refractivity contribution is 5.76. The van der Waals surface area contributed by atoms with Crippen LogP contribution in [-0.4, -0.2) is 16.1 Å². The Morgan fingerprint density at radius 1 is 0.758 bits per heavy atom. The highest BCUT2D eigenvalue weighted by Crippen LogP contribution is 2.26. The number of aliphatic carboxylic acids is 1. The summed E-state index contributed by atoms with van der Waals surface area (Å²) in [6, 6.07) is 12.3. The summed E-state index contributed by atoms with van der Waals surface area (Å²) in [7, 11) is 0. The molecule has 1 heterocycles. The molecule has 33 heavy (non-hydrogen) atoms. The molecule has 182 valence electrons. The first-order valence-corrected chi connectivity index (χ1v) is 13.4. The third-order valence-electron chi connectivity index (χ3n) is 6.65. The number of carboxylic acids is 1. The molecule has 0 spiro atoms. The van der Waals surface area contributed by atoms with Gasteiger partial charge in [0.15, 0.2) is 0 Å². The van der Waals surface area contributed by atoms with Gasteiger partial charge in [-0.25, -0.2) is 0 Å². The lowest BCUT2D eigenvalue weighted by Gasteiger charge is -2.13. The van der Waals surface area contributed by atoms with Gasteiger partial charge in [0.05, 0.1) is 11.6 Å². The average molecular weight is 452 g/mol. The standard InChI is InChI=1S/C30H45NO2/c1-3-5-7-9-11-12-14-16-25-18-23-29(31-24-25)27-21-19-26(20-22-27)28(30(32)33)17-15-13-10-8-6-4-2/h18-24,28H,3-17H2,1-2H3,(H,32,33). The van der Waals surface area contributed by atoms with E-state index in [1.165, 1.54) is 76.2 Å². The van der Waals surface area contributed by atoms with Crippen LogP contribution in [0.4, 0.5) is 0 Å². The summed E-state index contributed by atoms with van der Waals surface area (Å²) in [4.78, 5) is 16.5. The van der Waals surface area contributed by atoms with Crippen molar-refractivity contribution in [2.75, 3.05) is 0 Å². The predicted octanol–water partition coefficient (Wildman–Crippen LogP) is 8.96. The smallest absolute Gasteiger partial charge is 0.310 e. The number of unbranched alkanes of at least 4 members (excludes halogenated alkanes) is 11. The summed E-state index contributed by atoms with van der Waals surface area (Å²) in [5, 5.41) is 9.71. The van der Waals surface area contributed by atoms with Crippen molar-refractivity contribution < 1.29 is 9.90 Å². The Balaban J connectivity index is 1.82. The first kappa shape index (κ1) is 27.1. The summed E-state index contributed by atoms with van der Waals surface area (Å²) in [6.45, 7) is 4.47. The van der Waals surface area contributed by atoms with Crippen LogP contribution in [-0.2, 0) is 11.2 Å². The van der Waals surface area contributed by atoms with Crippen molar-refractivity contribution in [1.82, 2.24) is 4.98 Å². The molecule has 0 aliphatic carbocycles. The van der Waals surface area contributed by atoms with Crippen LogP contribution < -0.4 is 0 Å². The van der Waals surface area contributed by atoms with Gasteiger partial charge in [0, 0.05) is 11.8 Å². The van der Waals surface area contributed by atoms with Crippen molar-refractivity contribution in [3.63, 3.8) is 0 Å². The zero-order chi connectivity index (χ0) is 23.7. The van der Waals surface area contributed by atoms with E-state index in [0.29, 0.717) is 6.42 Å². The fourth-order valence-electron chi connectivity index (χ4n) is 4.48. The molecule has 1 aromatic carbocycles. The number of benzene rings is 1. The quantitative estimate of drug-likeness (QED) is 0.230. The van der Waals surface area contributed by atoms with Crippen LogP contribution in [0.3, 0.4) is 0 Å². The van der Waals surface area contributed by atoms with Gasteiger partial charge < -0.3 is 5.11 Å². The van der Waals surface area contributed by atoms with Crippen LogP contribution >= 0.6 is 0 Å². The Morgan fingerprint density at radius 2 is 1.33 bits per heavy atom. The van der Waals surface area contributed by atoms with E-state index in [4.69, 9.17) is 0 Å². The minimum atomic E-state index is -0.718. The molecular formula is C30H45NO2. The van der Waals surface area contributed by atoms with Crippen LogP contribution in [0.15, 0.2) is 42.6 Å². The maximum absolute atomic E-state index is 11.8. The van der Waals surface area contributed by atoms with Crippen molar-refractivity contribution in [2.24, 2.45) is 0 Å². The van der Waals surface area contributed by atoms with Crippen molar-refractivity contribution in [3.8, 4) is 11.3 Å². The molecule has 0 fully saturated rings. The number of hydrogen-bond donors (Lipinski definition) is 1.